The number of aliphatic carboxylic acids is 2. The van der Waals surface area contributed by atoms with Gasteiger partial charge in [0.15, 0.2) is 5.78 Å². The van der Waals surface area contributed by atoms with Gasteiger partial charge in [-0.2, -0.15) is 0 Å². The summed E-state index contributed by atoms with van der Waals surface area (Å²) in [6.07, 6.45) is 6.89. The maximum absolute atomic E-state index is 11.6. The minimum absolute atomic E-state index is 0. The highest BCUT2D eigenvalue weighted by molar-refractivity contribution is 5.89. The van der Waals surface area contributed by atoms with Crippen molar-refractivity contribution < 1.29 is 94.2 Å². The van der Waals surface area contributed by atoms with Gasteiger partial charge in [-0.25, -0.2) is 14.4 Å². The average Bonchev–Trinajstić information content (AvgIpc) is 3.89. The van der Waals surface area contributed by atoms with Crippen molar-refractivity contribution in [3.05, 3.63) is 49.1 Å². The van der Waals surface area contributed by atoms with E-state index in [0.717, 1.165) is 49.7 Å². The van der Waals surface area contributed by atoms with E-state index in [9.17, 15) is 63.9 Å². The third kappa shape index (κ3) is 23.3. The maximum atomic E-state index is 11.6. The molecule has 23 heteroatoms. The van der Waals surface area contributed by atoms with Crippen molar-refractivity contribution in [1.82, 2.24) is 21.3 Å². The van der Waals surface area contributed by atoms with Gasteiger partial charge in [-0.3, -0.25) is 24.0 Å². The van der Waals surface area contributed by atoms with E-state index in [4.69, 9.17) is 25.5 Å². The Bertz CT molecular complexity index is 1600. The monoisotopic (exact) mass is 920 g/mol. The highest BCUT2D eigenvalue weighted by Crippen LogP contribution is 2.48. The zero-order valence-electron chi connectivity index (χ0n) is 36.1. The molecule has 23 nitrogen and oxygen atoms in total. The number of aliphatic hydroxyl groups excluding tert-OH is 8. The summed E-state index contributed by atoms with van der Waals surface area (Å²) in [7, 11) is 1.21. The first-order chi connectivity index (χ1) is 29.2. The molecule has 2 saturated carbocycles. The SMILES string of the molecule is C.CC(=O)/C=C\NC(=O)[C@@H](O)C1(CO)CCCC1.CC(C)(CO)[C@H](O)C(=O)N/C=C\C(=O)O.COC(=O)/C=C\NC(=O)[C@@H](O)C(C)(C)CO.O=C(O)/C=C\NC(=O)[C@@H](O)C1(CO)CC1. The van der Waals surface area contributed by atoms with Crippen molar-refractivity contribution in [2.75, 3.05) is 33.5 Å². The van der Waals surface area contributed by atoms with Crippen molar-refractivity contribution in [3.8, 4) is 0 Å². The molecule has 0 bridgehead atoms. The van der Waals surface area contributed by atoms with Crippen molar-refractivity contribution in [1.29, 1.82) is 0 Å². The van der Waals surface area contributed by atoms with Gasteiger partial charge < -0.3 is 77.1 Å². The van der Waals surface area contributed by atoms with Gasteiger partial charge in [-0.05, 0) is 38.7 Å². The average molecular weight is 921 g/mol. The Kier molecular flexibility index (Phi) is 30.1. The molecule has 2 aliphatic carbocycles. The highest BCUT2D eigenvalue weighted by atomic mass is 16.5. The van der Waals surface area contributed by atoms with E-state index in [2.05, 4.69) is 26.0 Å². The van der Waals surface area contributed by atoms with Crippen LogP contribution < -0.4 is 21.3 Å². The largest absolute Gasteiger partial charge is 0.478 e. The molecule has 0 aliphatic heterocycles. The molecule has 2 rings (SSSR count). The lowest BCUT2D eigenvalue weighted by molar-refractivity contribution is -0.138. The summed E-state index contributed by atoms with van der Waals surface area (Å²) in [5.41, 5.74) is -3.35. The Morgan fingerprint density at radius 3 is 1.16 bits per heavy atom. The summed E-state index contributed by atoms with van der Waals surface area (Å²) in [5.74, 6) is -5.91. The van der Waals surface area contributed by atoms with Crippen molar-refractivity contribution in [2.45, 2.75) is 105 Å². The van der Waals surface area contributed by atoms with Crippen LogP contribution in [-0.2, 0) is 43.1 Å². The Morgan fingerprint density at radius 1 is 0.562 bits per heavy atom. The number of hydrogen-bond acceptors (Lipinski definition) is 17. The first kappa shape index (κ1) is 62.9. The fourth-order valence-corrected chi connectivity index (χ4v) is 4.92. The summed E-state index contributed by atoms with van der Waals surface area (Å²) in [6.45, 7) is 6.35. The minimum atomic E-state index is -1.40. The lowest BCUT2D eigenvalue weighted by atomic mass is 9.80. The molecule has 0 aromatic rings. The number of carbonyl (C=O) groups excluding carboxylic acids is 6. The second-order valence-electron chi connectivity index (χ2n) is 15.8. The van der Waals surface area contributed by atoms with Gasteiger partial charge >= 0.3 is 17.9 Å². The van der Waals surface area contributed by atoms with Gasteiger partial charge in [0, 0.05) is 64.7 Å². The molecule has 4 atom stereocenters. The van der Waals surface area contributed by atoms with Crippen molar-refractivity contribution >= 4 is 47.3 Å². The normalized spacial score (nSPS) is 16.7. The zero-order chi connectivity index (χ0) is 49.2. The molecular weight excluding hydrogens is 852 g/mol. The lowest BCUT2D eigenvalue weighted by Crippen LogP contribution is -2.46. The van der Waals surface area contributed by atoms with E-state index in [1.807, 2.05) is 0 Å². The van der Waals surface area contributed by atoms with Crippen LogP contribution in [-0.4, -0.2) is 156 Å². The van der Waals surface area contributed by atoms with Gasteiger partial charge in [0.2, 0.25) is 0 Å². The molecule has 0 saturated heterocycles. The molecule has 2 aliphatic rings. The van der Waals surface area contributed by atoms with Crippen molar-refractivity contribution in [2.24, 2.45) is 21.7 Å². The smallest absolute Gasteiger partial charge is 0.331 e. The predicted octanol–water partition coefficient (Wildman–Crippen LogP) is -2.16. The molecule has 366 valence electrons. The molecule has 14 N–H and O–H groups in total. The summed E-state index contributed by atoms with van der Waals surface area (Å²) < 4.78 is 4.30. The number of carbonyl (C=O) groups is 8. The number of allylic oxidation sites excluding steroid dienone is 1. The third-order valence-corrected chi connectivity index (χ3v) is 9.66. The Morgan fingerprint density at radius 2 is 0.875 bits per heavy atom. The topological polar surface area (TPSA) is 396 Å². The molecule has 2 fully saturated rings. The highest BCUT2D eigenvalue weighted by Gasteiger charge is 2.51. The fraction of sp³-hybridized carbons (Fsp3) is 0.610. The van der Waals surface area contributed by atoms with Crippen LogP contribution >= 0.6 is 0 Å². The van der Waals surface area contributed by atoms with Crippen molar-refractivity contribution in [3.63, 3.8) is 0 Å². The van der Waals surface area contributed by atoms with Crippen LogP contribution in [0.1, 0.15) is 80.6 Å². The number of aliphatic hydroxyl groups is 8. The van der Waals surface area contributed by atoms with Crippen LogP contribution in [0.2, 0.25) is 0 Å². The molecule has 0 spiro atoms. The van der Waals surface area contributed by atoms with E-state index in [-0.39, 0.29) is 39.6 Å². The molecule has 64 heavy (non-hydrogen) atoms. The predicted molar refractivity (Wildman–Crippen MR) is 226 cm³/mol. The Balaban J connectivity index is -0.000000772. The van der Waals surface area contributed by atoms with Crippen LogP contribution in [0.3, 0.4) is 0 Å². The van der Waals surface area contributed by atoms with Crippen LogP contribution in [0.25, 0.3) is 0 Å². The van der Waals surface area contributed by atoms with Crippen LogP contribution in [0.5, 0.6) is 0 Å². The molecule has 0 radical (unpaired) electrons. The molecule has 0 aromatic carbocycles. The Labute approximate surface area is 371 Å². The second kappa shape index (κ2) is 30.6. The van der Waals surface area contributed by atoms with Crippen LogP contribution in [0.15, 0.2) is 49.1 Å². The third-order valence-electron chi connectivity index (χ3n) is 9.66. The summed E-state index contributed by atoms with van der Waals surface area (Å²) in [6, 6.07) is 0. The van der Waals surface area contributed by atoms with E-state index < -0.39 is 87.6 Å². The number of methoxy groups -OCH3 is 1. The first-order valence-electron chi connectivity index (χ1n) is 19.3. The lowest BCUT2D eigenvalue weighted by Gasteiger charge is -2.30. The summed E-state index contributed by atoms with van der Waals surface area (Å²) >= 11 is 0. The van der Waals surface area contributed by atoms with E-state index >= 15 is 0 Å². The number of ketones is 1. The van der Waals surface area contributed by atoms with E-state index in [1.54, 1.807) is 13.8 Å². The number of rotatable bonds is 20. The number of carboxylic acid groups (broad SMARTS) is 2. The number of carboxylic acids is 2. The summed E-state index contributed by atoms with van der Waals surface area (Å²) in [5, 5.41) is 99.8. The number of amides is 4. The number of nitrogens with one attached hydrogen (secondary N) is 4. The molecule has 0 aromatic heterocycles. The van der Waals surface area contributed by atoms with E-state index in [1.165, 1.54) is 40.2 Å². The summed E-state index contributed by atoms with van der Waals surface area (Å²) in [4.78, 5) is 86.9. The van der Waals surface area contributed by atoms with E-state index in [0.29, 0.717) is 25.7 Å². The standard InChI is InChI=1S/C12H19NO4.C10H17NO5.C9H13NO5.C9H15NO5.CH4/c1-9(15)4-7-13-11(17)10(16)12(8-14)5-2-3-6-12;1-10(2,6-12)8(14)9(15)11-5-4-7(13)16-3;11-5-9(2-3-9)7(14)8(15)10-4-1-6(12)13;1-9(2,5-11)7(14)8(15)10-4-3-6(12)13;/h4,7,10,14,16H,2-3,5-6,8H2,1H3,(H,13,17);4-5,8,12,14H,6H2,1-3H3,(H,11,15);1,4,7,11,14H,2-3,5H2,(H,10,15)(H,12,13);3-4,7,11,14H,5H2,1-2H3,(H,10,15)(H,12,13);1H4/b7-4-;5-4-;4-1-;4-3-;/t10-;8-;2*7-;/m1111./s1. The van der Waals surface area contributed by atoms with Gasteiger partial charge in [-0.1, -0.05) is 48.0 Å². The molecule has 4 amide bonds. The van der Waals surface area contributed by atoms with Gasteiger partial charge in [0.25, 0.3) is 23.6 Å². The maximum Gasteiger partial charge on any atom is 0.331 e. The minimum Gasteiger partial charge on any atom is -0.478 e. The number of ether oxygens (including phenoxy) is 1. The first-order valence-corrected chi connectivity index (χ1v) is 19.3. The molecule has 0 heterocycles. The fourth-order valence-electron chi connectivity index (χ4n) is 4.92. The quantitative estimate of drug-likeness (QED) is 0.0457. The van der Waals surface area contributed by atoms with Gasteiger partial charge in [0.1, 0.15) is 24.4 Å². The van der Waals surface area contributed by atoms with Gasteiger partial charge in [-0.15, -0.1) is 0 Å². The number of esters is 1. The van der Waals surface area contributed by atoms with Crippen LogP contribution in [0.4, 0.5) is 0 Å². The molecule has 0 unspecified atom stereocenters. The zero-order valence-corrected chi connectivity index (χ0v) is 36.1. The molecular formula is C41H68N4O19. The van der Waals surface area contributed by atoms with Gasteiger partial charge in [0.05, 0.1) is 33.5 Å². The van der Waals surface area contributed by atoms with Crippen LogP contribution in [0, 0.1) is 21.7 Å². The number of hydrogen-bond donors (Lipinski definition) is 14. The Hall–Kier alpha value is -5.40. The second-order valence-corrected chi connectivity index (χ2v) is 15.8.